The van der Waals surface area contributed by atoms with E-state index in [0.29, 0.717) is 11.8 Å². The molecule has 0 fully saturated rings. The second-order valence-corrected chi connectivity index (χ2v) is 3.95. The molecule has 100 valence electrons. The third kappa shape index (κ3) is 2.29. The third-order valence-electron chi connectivity index (χ3n) is 2.75. The van der Waals surface area contributed by atoms with Crippen molar-refractivity contribution in [1.29, 1.82) is 0 Å². The average Bonchev–Trinajstić information content (AvgIpc) is 2.38. The molecule has 0 aromatic carbocycles. The highest BCUT2D eigenvalue weighted by Gasteiger charge is 2.20. The fourth-order valence-electron chi connectivity index (χ4n) is 1.79. The first kappa shape index (κ1) is 13.1. The van der Waals surface area contributed by atoms with Gasteiger partial charge in [-0.15, -0.1) is 0 Å². The number of carbonyl (C=O) groups excluding carboxylic acids is 1. The van der Waals surface area contributed by atoms with Gasteiger partial charge in [0.25, 0.3) is 5.56 Å². The molecule has 19 heavy (non-hydrogen) atoms. The number of H-pyrrole nitrogens is 1. The van der Waals surface area contributed by atoms with E-state index in [9.17, 15) is 14.7 Å². The number of aromatic amines is 1. The number of aromatic nitrogens is 2. The smallest absolute Gasteiger partial charge is 0.347 e. The van der Waals surface area contributed by atoms with Crippen molar-refractivity contribution in [3.05, 3.63) is 33.7 Å². The molecular formula is C13H14N2O4. The maximum atomic E-state index is 11.8. The van der Waals surface area contributed by atoms with Gasteiger partial charge < -0.3 is 14.8 Å². The van der Waals surface area contributed by atoms with Crippen LogP contribution in [0.4, 0.5) is 0 Å². The number of fused-ring (bicyclic) bond motifs is 1. The molecule has 2 rings (SSSR count). The molecule has 0 amide bonds. The van der Waals surface area contributed by atoms with Crippen molar-refractivity contribution in [2.24, 2.45) is 0 Å². The maximum Gasteiger partial charge on any atom is 0.347 e. The SMILES string of the molecule is CCOC(=O)c1c(O)c2ccc(CC)nc2[nH]c1=O. The summed E-state index contributed by atoms with van der Waals surface area (Å²) in [6.07, 6.45) is 0.707. The molecule has 0 spiro atoms. The van der Waals surface area contributed by atoms with Gasteiger partial charge in [0.05, 0.1) is 12.0 Å². The van der Waals surface area contributed by atoms with E-state index in [1.54, 1.807) is 19.1 Å². The molecule has 0 saturated heterocycles. The van der Waals surface area contributed by atoms with Crippen LogP contribution in [0.1, 0.15) is 29.9 Å². The lowest BCUT2D eigenvalue weighted by molar-refractivity contribution is 0.0521. The van der Waals surface area contributed by atoms with E-state index in [1.165, 1.54) is 0 Å². The van der Waals surface area contributed by atoms with Crippen LogP contribution in [0.3, 0.4) is 0 Å². The molecule has 0 atom stereocenters. The second kappa shape index (κ2) is 5.09. The van der Waals surface area contributed by atoms with E-state index in [2.05, 4.69) is 9.97 Å². The minimum Gasteiger partial charge on any atom is -0.506 e. The topological polar surface area (TPSA) is 92.3 Å². The van der Waals surface area contributed by atoms with E-state index in [4.69, 9.17) is 4.74 Å². The standard InChI is InChI=1S/C13H14N2O4/c1-3-7-5-6-8-10(16)9(13(18)19-4-2)12(17)15-11(8)14-7/h5-6H,3-4H2,1-2H3,(H2,14,15,16,17). The summed E-state index contributed by atoms with van der Waals surface area (Å²) in [5, 5.41) is 10.3. The Labute approximate surface area is 109 Å². The van der Waals surface area contributed by atoms with Crippen LogP contribution >= 0.6 is 0 Å². The Morgan fingerprint density at radius 2 is 2.16 bits per heavy atom. The van der Waals surface area contributed by atoms with Crippen molar-refractivity contribution in [1.82, 2.24) is 9.97 Å². The van der Waals surface area contributed by atoms with Gasteiger partial charge in [0.2, 0.25) is 0 Å². The number of hydrogen-bond donors (Lipinski definition) is 2. The number of rotatable bonds is 3. The summed E-state index contributed by atoms with van der Waals surface area (Å²) in [6, 6.07) is 3.35. The zero-order chi connectivity index (χ0) is 14.0. The van der Waals surface area contributed by atoms with Gasteiger partial charge in [-0.3, -0.25) is 4.79 Å². The molecule has 0 unspecified atom stereocenters. The number of hydrogen-bond acceptors (Lipinski definition) is 5. The van der Waals surface area contributed by atoms with Gasteiger partial charge in [0.1, 0.15) is 11.4 Å². The highest BCUT2D eigenvalue weighted by Crippen LogP contribution is 2.24. The molecule has 0 bridgehead atoms. The Morgan fingerprint density at radius 1 is 1.42 bits per heavy atom. The quantitative estimate of drug-likeness (QED) is 0.815. The summed E-state index contributed by atoms with van der Waals surface area (Å²) in [4.78, 5) is 30.1. The largest absolute Gasteiger partial charge is 0.506 e. The molecular weight excluding hydrogens is 248 g/mol. The summed E-state index contributed by atoms with van der Waals surface area (Å²) in [5.41, 5.74) is -0.0501. The minimum atomic E-state index is -0.845. The number of nitrogens with one attached hydrogen (secondary N) is 1. The van der Waals surface area contributed by atoms with E-state index in [-0.39, 0.29) is 17.8 Å². The number of nitrogens with zero attached hydrogens (tertiary/aromatic N) is 1. The Hall–Kier alpha value is -2.37. The molecule has 6 nitrogen and oxygen atoms in total. The van der Waals surface area contributed by atoms with Crippen LogP contribution in [0.15, 0.2) is 16.9 Å². The number of pyridine rings is 2. The Kier molecular flexibility index (Phi) is 3.50. The molecule has 0 aliphatic rings. The average molecular weight is 262 g/mol. The summed E-state index contributed by atoms with van der Waals surface area (Å²) >= 11 is 0. The molecule has 0 aliphatic heterocycles. The van der Waals surface area contributed by atoms with Gasteiger partial charge in [0, 0.05) is 5.69 Å². The van der Waals surface area contributed by atoms with Crippen LogP contribution in [0.25, 0.3) is 11.0 Å². The van der Waals surface area contributed by atoms with E-state index < -0.39 is 17.3 Å². The molecule has 2 heterocycles. The Bertz CT molecular complexity index is 691. The first-order chi connectivity index (χ1) is 9.08. The molecule has 2 N–H and O–H groups in total. The monoisotopic (exact) mass is 262 g/mol. The lowest BCUT2D eigenvalue weighted by Crippen LogP contribution is -2.20. The molecule has 0 saturated carbocycles. The summed E-state index contributed by atoms with van der Waals surface area (Å²) in [6.45, 7) is 3.68. The highest BCUT2D eigenvalue weighted by atomic mass is 16.5. The lowest BCUT2D eigenvalue weighted by atomic mass is 10.1. The zero-order valence-corrected chi connectivity index (χ0v) is 10.7. The molecule has 6 heteroatoms. The minimum absolute atomic E-state index is 0.128. The maximum absolute atomic E-state index is 11.8. The predicted molar refractivity (Wildman–Crippen MR) is 69.4 cm³/mol. The van der Waals surface area contributed by atoms with Gasteiger partial charge in [0.15, 0.2) is 5.56 Å². The van der Waals surface area contributed by atoms with Crippen LogP contribution in [-0.4, -0.2) is 27.7 Å². The number of aromatic hydroxyl groups is 1. The molecule has 0 aliphatic carbocycles. The Balaban J connectivity index is 2.69. The number of carbonyl (C=O) groups is 1. The molecule has 2 aromatic heterocycles. The van der Waals surface area contributed by atoms with Crippen molar-refractivity contribution in [3.8, 4) is 5.75 Å². The number of ether oxygens (including phenoxy) is 1. The van der Waals surface area contributed by atoms with Crippen LogP contribution in [0, 0.1) is 0 Å². The van der Waals surface area contributed by atoms with Crippen LogP contribution in [0.2, 0.25) is 0 Å². The first-order valence-corrected chi connectivity index (χ1v) is 6.00. The fourth-order valence-corrected chi connectivity index (χ4v) is 1.79. The van der Waals surface area contributed by atoms with Crippen molar-refractivity contribution < 1.29 is 14.6 Å². The summed E-state index contributed by atoms with van der Waals surface area (Å²) in [7, 11) is 0. The van der Waals surface area contributed by atoms with Gasteiger partial charge in [-0.05, 0) is 25.5 Å². The molecule has 2 aromatic rings. The van der Waals surface area contributed by atoms with E-state index in [1.807, 2.05) is 6.92 Å². The lowest BCUT2D eigenvalue weighted by Gasteiger charge is -2.07. The zero-order valence-electron chi connectivity index (χ0n) is 10.7. The summed E-state index contributed by atoms with van der Waals surface area (Å²) in [5.74, 6) is -1.24. The second-order valence-electron chi connectivity index (χ2n) is 3.95. The number of esters is 1. The normalized spacial score (nSPS) is 10.6. The first-order valence-electron chi connectivity index (χ1n) is 6.00. The summed E-state index contributed by atoms with van der Waals surface area (Å²) < 4.78 is 4.74. The third-order valence-corrected chi connectivity index (χ3v) is 2.75. The van der Waals surface area contributed by atoms with Crippen LogP contribution in [0.5, 0.6) is 5.75 Å². The van der Waals surface area contributed by atoms with Gasteiger partial charge in [-0.25, -0.2) is 9.78 Å². The van der Waals surface area contributed by atoms with Gasteiger partial charge in [-0.2, -0.15) is 0 Å². The van der Waals surface area contributed by atoms with E-state index >= 15 is 0 Å². The van der Waals surface area contributed by atoms with Crippen LogP contribution < -0.4 is 5.56 Å². The van der Waals surface area contributed by atoms with Crippen molar-refractivity contribution >= 4 is 17.0 Å². The van der Waals surface area contributed by atoms with Crippen molar-refractivity contribution in [2.45, 2.75) is 20.3 Å². The highest BCUT2D eigenvalue weighted by molar-refractivity contribution is 5.98. The van der Waals surface area contributed by atoms with Gasteiger partial charge >= 0.3 is 5.97 Å². The van der Waals surface area contributed by atoms with Gasteiger partial charge in [-0.1, -0.05) is 6.92 Å². The van der Waals surface area contributed by atoms with Crippen molar-refractivity contribution in [3.63, 3.8) is 0 Å². The number of aryl methyl sites for hydroxylation is 1. The Morgan fingerprint density at radius 3 is 2.79 bits per heavy atom. The predicted octanol–water partition coefficient (Wildman–Crippen LogP) is 1.37. The molecule has 0 radical (unpaired) electrons. The fraction of sp³-hybridized carbons (Fsp3) is 0.308. The van der Waals surface area contributed by atoms with Crippen molar-refractivity contribution in [2.75, 3.05) is 6.61 Å². The van der Waals surface area contributed by atoms with E-state index in [0.717, 1.165) is 5.69 Å². The van der Waals surface area contributed by atoms with Crippen LogP contribution in [-0.2, 0) is 11.2 Å².